The molecule has 2 aromatic carbocycles. The van der Waals surface area contributed by atoms with Gasteiger partial charge in [-0.05, 0) is 16.8 Å². The number of alkyl halides is 2. The number of hydrogen-bond acceptors (Lipinski definition) is 2. The summed E-state index contributed by atoms with van der Waals surface area (Å²) in [6, 6.07) is 9.44. The van der Waals surface area contributed by atoms with Gasteiger partial charge in [0.25, 0.3) is 6.43 Å². The maximum absolute atomic E-state index is 12.8. The van der Waals surface area contributed by atoms with Crippen molar-refractivity contribution in [3.05, 3.63) is 42.0 Å². The number of hydrogen-bond donors (Lipinski definition) is 1. The minimum atomic E-state index is -2.62. The lowest BCUT2D eigenvalue weighted by molar-refractivity contribution is 0.115. The fraction of sp³-hybridized carbons (Fsp3) is 0.231. The predicted molar refractivity (Wildman–Crippen MR) is 70.7 cm³/mol. The normalized spacial score (nSPS) is 12.3. The van der Waals surface area contributed by atoms with E-state index in [2.05, 4.69) is 0 Å². The first kappa shape index (κ1) is 14.7. The Labute approximate surface area is 110 Å². The molecule has 0 fully saturated rings. The highest BCUT2D eigenvalue weighted by molar-refractivity contribution is 5.88. The van der Waals surface area contributed by atoms with E-state index in [1.807, 2.05) is 18.2 Å². The van der Waals surface area contributed by atoms with E-state index < -0.39 is 12.5 Å². The van der Waals surface area contributed by atoms with Crippen LogP contribution in [0.2, 0.25) is 0 Å². The Bertz CT molecular complexity index is 533. The molecule has 0 saturated carbocycles. The molecule has 0 radical (unpaired) electrons. The monoisotopic (exact) mass is 273 g/mol. The molecule has 0 aliphatic carbocycles. The number of rotatable bonds is 3. The van der Waals surface area contributed by atoms with Gasteiger partial charge in [0.05, 0.1) is 13.2 Å². The molecular formula is C13H14ClF2NO. The van der Waals surface area contributed by atoms with Gasteiger partial charge in [-0.25, -0.2) is 8.78 Å². The molecule has 2 aromatic rings. The quantitative estimate of drug-likeness (QED) is 0.928. The van der Waals surface area contributed by atoms with Crippen LogP contribution in [0.3, 0.4) is 0 Å². The maximum Gasteiger partial charge on any atom is 0.257 e. The predicted octanol–water partition coefficient (Wildman–Crippen LogP) is 3.54. The first-order chi connectivity index (χ1) is 8.15. The van der Waals surface area contributed by atoms with E-state index in [1.54, 1.807) is 18.2 Å². The van der Waals surface area contributed by atoms with Crippen molar-refractivity contribution in [3.8, 4) is 5.75 Å². The number of halogens is 3. The van der Waals surface area contributed by atoms with E-state index in [0.717, 1.165) is 5.39 Å². The molecule has 0 aliphatic rings. The van der Waals surface area contributed by atoms with E-state index in [0.29, 0.717) is 16.7 Å². The molecule has 0 spiro atoms. The van der Waals surface area contributed by atoms with Crippen LogP contribution in [0.4, 0.5) is 8.78 Å². The number of ether oxygens (including phenoxy) is 1. The lowest BCUT2D eigenvalue weighted by Gasteiger charge is -2.17. The zero-order valence-electron chi connectivity index (χ0n) is 9.77. The van der Waals surface area contributed by atoms with Gasteiger partial charge in [0, 0.05) is 5.56 Å². The SMILES string of the molecule is COc1ccc2ccccc2c1[C@H](N)C(F)F.Cl. The van der Waals surface area contributed by atoms with Crippen LogP contribution in [0.25, 0.3) is 10.8 Å². The maximum atomic E-state index is 12.8. The summed E-state index contributed by atoms with van der Waals surface area (Å²) in [5.74, 6) is 0.400. The van der Waals surface area contributed by atoms with Crippen LogP contribution < -0.4 is 10.5 Å². The van der Waals surface area contributed by atoms with Crippen molar-refractivity contribution >= 4 is 23.2 Å². The van der Waals surface area contributed by atoms with Gasteiger partial charge in [0.2, 0.25) is 0 Å². The first-order valence-corrected chi connectivity index (χ1v) is 5.24. The highest BCUT2D eigenvalue weighted by Gasteiger charge is 2.23. The van der Waals surface area contributed by atoms with Crippen LogP contribution >= 0.6 is 12.4 Å². The van der Waals surface area contributed by atoms with Crippen LogP contribution in [0.15, 0.2) is 36.4 Å². The molecule has 0 aliphatic heterocycles. The van der Waals surface area contributed by atoms with Crippen molar-refractivity contribution in [2.75, 3.05) is 7.11 Å². The molecule has 0 heterocycles. The van der Waals surface area contributed by atoms with Gasteiger partial charge in [-0.3, -0.25) is 0 Å². The second kappa shape index (κ2) is 5.98. The second-order valence-electron chi connectivity index (χ2n) is 3.76. The zero-order valence-corrected chi connectivity index (χ0v) is 10.6. The molecule has 2 rings (SSSR count). The molecule has 18 heavy (non-hydrogen) atoms. The van der Waals surface area contributed by atoms with Crippen molar-refractivity contribution in [3.63, 3.8) is 0 Å². The number of nitrogens with two attached hydrogens (primary N) is 1. The Hall–Kier alpha value is -1.39. The van der Waals surface area contributed by atoms with Gasteiger partial charge in [-0.15, -0.1) is 12.4 Å². The fourth-order valence-electron chi connectivity index (χ4n) is 1.92. The smallest absolute Gasteiger partial charge is 0.257 e. The zero-order chi connectivity index (χ0) is 12.4. The third-order valence-corrected chi connectivity index (χ3v) is 2.76. The van der Waals surface area contributed by atoms with E-state index in [4.69, 9.17) is 10.5 Å². The lowest BCUT2D eigenvalue weighted by Crippen LogP contribution is -2.20. The summed E-state index contributed by atoms with van der Waals surface area (Å²) < 4.78 is 30.7. The van der Waals surface area contributed by atoms with Crippen molar-refractivity contribution < 1.29 is 13.5 Å². The average molecular weight is 274 g/mol. The van der Waals surface area contributed by atoms with Crippen LogP contribution in [0.5, 0.6) is 5.75 Å². The van der Waals surface area contributed by atoms with Gasteiger partial charge in [-0.1, -0.05) is 30.3 Å². The molecule has 1 atom stereocenters. The molecule has 0 unspecified atom stereocenters. The average Bonchev–Trinajstić information content (AvgIpc) is 2.36. The summed E-state index contributed by atoms with van der Waals surface area (Å²) in [6.45, 7) is 0. The van der Waals surface area contributed by atoms with Crippen molar-refractivity contribution in [2.24, 2.45) is 5.73 Å². The number of methoxy groups -OCH3 is 1. The van der Waals surface area contributed by atoms with E-state index >= 15 is 0 Å². The van der Waals surface area contributed by atoms with Crippen molar-refractivity contribution in [1.82, 2.24) is 0 Å². The molecule has 0 aromatic heterocycles. The molecule has 0 saturated heterocycles. The van der Waals surface area contributed by atoms with Crippen LogP contribution in [0, 0.1) is 0 Å². The topological polar surface area (TPSA) is 35.2 Å². The van der Waals surface area contributed by atoms with Crippen LogP contribution in [0.1, 0.15) is 11.6 Å². The summed E-state index contributed by atoms with van der Waals surface area (Å²) in [4.78, 5) is 0. The van der Waals surface area contributed by atoms with Crippen molar-refractivity contribution in [2.45, 2.75) is 12.5 Å². The molecule has 2 nitrogen and oxygen atoms in total. The number of benzene rings is 2. The van der Waals surface area contributed by atoms with Gasteiger partial charge >= 0.3 is 0 Å². The minimum Gasteiger partial charge on any atom is -0.496 e. The lowest BCUT2D eigenvalue weighted by atomic mass is 9.98. The first-order valence-electron chi connectivity index (χ1n) is 5.24. The summed E-state index contributed by atoms with van der Waals surface area (Å²) in [6.07, 6.45) is -2.62. The molecule has 0 amide bonds. The molecule has 98 valence electrons. The van der Waals surface area contributed by atoms with Gasteiger partial charge in [0.15, 0.2) is 0 Å². The summed E-state index contributed by atoms with van der Waals surface area (Å²) in [7, 11) is 1.45. The van der Waals surface area contributed by atoms with Gasteiger partial charge < -0.3 is 10.5 Å². The number of fused-ring (bicyclic) bond motifs is 1. The second-order valence-corrected chi connectivity index (χ2v) is 3.76. The van der Waals surface area contributed by atoms with Gasteiger partial charge in [0.1, 0.15) is 5.75 Å². The standard InChI is InChI=1S/C13H13F2NO.ClH/c1-17-10-7-6-8-4-2-3-5-9(8)11(10)12(16)13(14)15;/h2-7,12-13H,16H2,1H3;1H/t12-;/m0./s1. The van der Waals surface area contributed by atoms with E-state index in [1.165, 1.54) is 7.11 Å². The summed E-state index contributed by atoms with van der Waals surface area (Å²) in [5, 5.41) is 1.58. The third kappa shape index (κ3) is 2.54. The van der Waals surface area contributed by atoms with Crippen LogP contribution in [-0.2, 0) is 0 Å². The minimum absolute atomic E-state index is 0. The molecule has 2 N–H and O–H groups in total. The Morgan fingerprint density at radius 2 is 1.78 bits per heavy atom. The summed E-state index contributed by atoms with van der Waals surface area (Å²) in [5.41, 5.74) is 5.91. The Balaban J connectivity index is 0.00000162. The Morgan fingerprint density at radius 1 is 1.11 bits per heavy atom. The largest absolute Gasteiger partial charge is 0.496 e. The molecular weight excluding hydrogens is 260 g/mol. The van der Waals surface area contributed by atoms with Crippen molar-refractivity contribution in [1.29, 1.82) is 0 Å². The van der Waals surface area contributed by atoms with E-state index in [-0.39, 0.29) is 12.4 Å². The third-order valence-electron chi connectivity index (χ3n) is 2.76. The van der Waals surface area contributed by atoms with Gasteiger partial charge in [-0.2, -0.15) is 0 Å². The fourth-order valence-corrected chi connectivity index (χ4v) is 1.92. The Morgan fingerprint density at radius 3 is 2.39 bits per heavy atom. The van der Waals surface area contributed by atoms with Crippen LogP contribution in [-0.4, -0.2) is 13.5 Å². The molecule has 0 bridgehead atoms. The highest BCUT2D eigenvalue weighted by Crippen LogP contribution is 2.34. The Kier molecular flexibility index (Phi) is 4.87. The van der Waals surface area contributed by atoms with E-state index in [9.17, 15) is 8.78 Å². The summed E-state index contributed by atoms with van der Waals surface area (Å²) >= 11 is 0. The highest BCUT2D eigenvalue weighted by atomic mass is 35.5. The molecule has 5 heteroatoms.